The fraction of sp³-hybridized carbons (Fsp3) is 0.138. The van der Waals surface area contributed by atoms with Gasteiger partial charge in [-0.15, -0.1) is 0 Å². The van der Waals surface area contributed by atoms with Crippen LogP contribution in [0.2, 0.25) is 0 Å². The fourth-order valence-electron chi connectivity index (χ4n) is 3.73. The molecule has 7 nitrogen and oxygen atoms in total. The largest absolute Gasteiger partial charge is 0.493 e. The Morgan fingerprint density at radius 1 is 1.03 bits per heavy atom. The molecule has 0 atom stereocenters. The Bertz CT molecular complexity index is 1440. The lowest BCUT2D eigenvalue weighted by Gasteiger charge is -2.21. The molecule has 0 spiro atoms. The summed E-state index contributed by atoms with van der Waals surface area (Å²) < 4.78 is 11.0. The number of methoxy groups -OCH3 is 1. The first-order valence-corrected chi connectivity index (χ1v) is 11.5. The maximum Gasteiger partial charge on any atom is 0.258 e. The second-order valence-electron chi connectivity index (χ2n) is 8.05. The number of carbonyl (C=O) groups excluding carboxylic acids is 1. The van der Waals surface area contributed by atoms with Crippen LogP contribution in [0.25, 0.3) is 17.0 Å². The summed E-state index contributed by atoms with van der Waals surface area (Å²) in [7, 11) is 1.56. The van der Waals surface area contributed by atoms with E-state index in [4.69, 9.17) is 9.47 Å². The predicted molar refractivity (Wildman–Crippen MR) is 141 cm³/mol. The van der Waals surface area contributed by atoms with E-state index in [0.717, 1.165) is 11.1 Å². The van der Waals surface area contributed by atoms with Crippen LogP contribution in [0.1, 0.15) is 17.0 Å². The lowest BCUT2D eigenvalue weighted by molar-refractivity contribution is -0.127. The van der Waals surface area contributed by atoms with Gasteiger partial charge in [0, 0.05) is 12.6 Å². The number of hydrogen-bond acceptors (Lipinski definition) is 5. The lowest BCUT2D eigenvalue weighted by Crippen LogP contribution is -2.30. The van der Waals surface area contributed by atoms with E-state index in [1.807, 2.05) is 42.5 Å². The molecule has 7 heteroatoms. The molecule has 1 heterocycles. The van der Waals surface area contributed by atoms with E-state index in [-0.39, 0.29) is 18.0 Å². The SMILES string of the molecule is C=CCOc1ccc(/C=C/C(=O)N(Cc2ccccc2)Cc2nc3ccccc3c(=O)[nH]2)cc1OC. The van der Waals surface area contributed by atoms with Gasteiger partial charge in [-0.1, -0.05) is 61.2 Å². The van der Waals surface area contributed by atoms with Gasteiger partial charge in [-0.3, -0.25) is 9.59 Å². The number of H-pyrrole nitrogens is 1. The monoisotopic (exact) mass is 481 g/mol. The first-order valence-electron chi connectivity index (χ1n) is 11.5. The molecule has 0 aliphatic rings. The summed E-state index contributed by atoms with van der Waals surface area (Å²) in [4.78, 5) is 34.8. The molecule has 1 N–H and O–H groups in total. The van der Waals surface area contributed by atoms with Crippen LogP contribution in [0.3, 0.4) is 0 Å². The molecule has 3 aromatic carbocycles. The van der Waals surface area contributed by atoms with Crippen molar-refractivity contribution in [3.05, 3.63) is 119 Å². The second-order valence-corrected chi connectivity index (χ2v) is 8.05. The van der Waals surface area contributed by atoms with Crippen molar-refractivity contribution in [2.75, 3.05) is 13.7 Å². The van der Waals surface area contributed by atoms with Crippen LogP contribution >= 0.6 is 0 Å². The molecule has 0 bridgehead atoms. The average molecular weight is 482 g/mol. The Kier molecular flexibility index (Phi) is 7.93. The van der Waals surface area contributed by atoms with Crippen LogP contribution in [0.4, 0.5) is 0 Å². The molecular formula is C29H27N3O4. The molecule has 1 aromatic heterocycles. The van der Waals surface area contributed by atoms with E-state index < -0.39 is 0 Å². The summed E-state index contributed by atoms with van der Waals surface area (Å²) in [6, 6.07) is 22.2. The number of ether oxygens (including phenoxy) is 2. The van der Waals surface area contributed by atoms with Gasteiger partial charge in [0.25, 0.3) is 5.56 Å². The Hall–Kier alpha value is -4.65. The van der Waals surface area contributed by atoms with E-state index in [9.17, 15) is 9.59 Å². The number of amides is 1. The molecule has 0 aliphatic heterocycles. The van der Waals surface area contributed by atoms with Gasteiger partial charge in [-0.25, -0.2) is 4.98 Å². The van der Waals surface area contributed by atoms with Gasteiger partial charge in [0.2, 0.25) is 5.91 Å². The van der Waals surface area contributed by atoms with E-state index in [0.29, 0.717) is 41.4 Å². The number of hydrogen-bond donors (Lipinski definition) is 1. The standard InChI is InChI=1S/C29H27N3O4/c1-3-17-36-25-15-13-21(18-26(25)35-2)14-16-28(33)32(19-22-9-5-4-6-10-22)20-27-30-24-12-8-7-11-23(24)29(34)31-27/h3-16,18H,1,17,19-20H2,2H3,(H,30,31,34)/b16-14+. The molecule has 1 amide bonds. The van der Waals surface area contributed by atoms with Crippen molar-refractivity contribution in [3.63, 3.8) is 0 Å². The molecule has 0 fully saturated rings. The maximum atomic E-state index is 13.3. The molecule has 4 rings (SSSR count). The number of rotatable bonds is 10. The van der Waals surface area contributed by atoms with Gasteiger partial charge in [0.15, 0.2) is 11.5 Å². The van der Waals surface area contributed by atoms with Crippen molar-refractivity contribution in [3.8, 4) is 11.5 Å². The summed E-state index contributed by atoms with van der Waals surface area (Å²) in [6.45, 7) is 4.52. The van der Waals surface area contributed by atoms with Crippen molar-refractivity contribution >= 4 is 22.9 Å². The summed E-state index contributed by atoms with van der Waals surface area (Å²) in [6.07, 6.45) is 4.88. The number of aromatic nitrogens is 2. The average Bonchev–Trinajstić information content (AvgIpc) is 2.91. The number of nitrogens with one attached hydrogen (secondary N) is 1. The van der Waals surface area contributed by atoms with E-state index in [1.165, 1.54) is 6.08 Å². The summed E-state index contributed by atoms with van der Waals surface area (Å²) in [5, 5.41) is 0.511. The predicted octanol–water partition coefficient (Wildman–Crippen LogP) is 4.74. The third-order valence-electron chi connectivity index (χ3n) is 5.49. The normalized spacial score (nSPS) is 10.9. The number of fused-ring (bicyclic) bond motifs is 1. The molecule has 0 aliphatic carbocycles. The molecule has 0 radical (unpaired) electrons. The molecule has 0 saturated carbocycles. The van der Waals surface area contributed by atoms with Gasteiger partial charge < -0.3 is 19.4 Å². The number of para-hydroxylation sites is 1. The topological polar surface area (TPSA) is 84.5 Å². The van der Waals surface area contributed by atoms with Crippen molar-refractivity contribution < 1.29 is 14.3 Å². The minimum Gasteiger partial charge on any atom is -0.493 e. The molecule has 0 saturated heterocycles. The lowest BCUT2D eigenvalue weighted by atomic mass is 10.1. The molecule has 4 aromatic rings. The van der Waals surface area contributed by atoms with Gasteiger partial charge in [-0.05, 0) is 41.5 Å². The van der Waals surface area contributed by atoms with E-state index >= 15 is 0 Å². The van der Waals surface area contributed by atoms with Gasteiger partial charge >= 0.3 is 0 Å². The number of aromatic amines is 1. The highest BCUT2D eigenvalue weighted by molar-refractivity contribution is 5.91. The third kappa shape index (κ3) is 6.07. The summed E-state index contributed by atoms with van der Waals surface area (Å²) >= 11 is 0. The molecule has 182 valence electrons. The Balaban J connectivity index is 1.59. The Morgan fingerprint density at radius 2 is 1.81 bits per heavy atom. The van der Waals surface area contributed by atoms with Gasteiger partial charge in [0.05, 0.1) is 24.6 Å². The van der Waals surface area contributed by atoms with E-state index in [2.05, 4.69) is 16.5 Å². The minimum absolute atomic E-state index is 0.149. The first-order chi connectivity index (χ1) is 17.6. The smallest absolute Gasteiger partial charge is 0.258 e. The van der Waals surface area contributed by atoms with Crippen LogP contribution in [0.5, 0.6) is 11.5 Å². The minimum atomic E-state index is -0.232. The van der Waals surface area contributed by atoms with Gasteiger partial charge in [-0.2, -0.15) is 0 Å². The van der Waals surface area contributed by atoms with E-state index in [1.54, 1.807) is 54.5 Å². The van der Waals surface area contributed by atoms with Crippen LogP contribution in [0.15, 0.2) is 96.3 Å². The first kappa shape index (κ1) is 24.5. The third-order valence-corrected chi connectivity index (χ3v) is 5.49. The molecule has 0 unspecified atom stereocenters. The van der Waals surface area contributed by atoms with Gasteiger partial charge in [0.1, 0.15) is 12.4 Å². The van der Waals surface area contributed by atoms with Crippen molar-refractivity contribution in [2.24, 2.45) is 0 Å². The highest BCUT2D eigenvalue weighted by Crippen LogP contribution is 2.28. The van der Waals surface area contributed by atoms with Crippen LogP contribution in [0, 0.1) is 0 Å². The zero-order valence-corrected chi connectivity index (χ0v) is 20.0. The second kappa shape index (κ2) is 11.7. The summed E-state index contributed by atoms with van der Waals surface area (Å²) in [5.41, 5.74) is 2.10. The fourth-order valence-corrected chi connectivity index (χ4v) is 3.73. The van der Waals surface area contributed by atoms with Crippen LogP contribution < -0.4 is 15.0 Å². The Morgan fingerprint density at radius 3 is 2.58 bits per heavy atom. The zero-order chi connectivity index (χ0) is 25.3. The highest BCUT2D eigenvalue weighted by Gasteiger charge is 2.15. The van der Waals surface area contributed by atoms with Crippen molar-refractivity contribution in [1.29, 1.82) is 0 Å². The Labute approximate surface area is 209 Å². The van der Waals surface area contributed by atoms with Crippen molar-refractivity contribution in [1.82, 2.24) is 14.9 Å². The molecule has 36 heavy (non-hydrogen) atoms. The quantitative estimate of drug-likeness (QED) is 0.261. The summed E-state index contributed by atoms with van der Waals surface area (Å²) in [5.74, 6) is 1.35. The highest BCUT2D eigenvalue weighted by atomic mass is 16.5. The van der Waals surface area contributed by atoms with Crippen LogP contribution in [-0.2, 0) is 17.9 Å². The number of carbonyl (C=O) groups is 1. The molecular weight excluding hydrogens is 454 g/mol. The number of nitrogens with zero attached hydrogens (tertiary/aromatic N) is 2. The maximum absolute atomic E-state index is 13.3. The number of benzene rings is 3. The van der Waals surface area contributed by atoms with Crippen molar-refractivity contribution in [2.45, 2.75) is 13.1 Å². The zero-order valence-electron chi connectivity index (χ0n) is 20.0. The van der Waals surface area contributed by atoms with Crippen LogP contribution in [-0.4, -0.2) is 34.5 Å².